The Morgan fingerprint density at radius 3 is 1.10 bits per heavy atom. The Morgan fingerprint density at radius 1 is 0.567 bits per heavy atom. The molecule has 0 aliphatic heterocycles. The Kier molecular flexibility index (Phi) is 4.35. The highest BCUT2D eigenvalue weighted by atomic mass is 31.1. The van der Waals surface area contributed by atoms with Crippen molar-refractivity contribution in [2.75, 3.05) is 13.3 Å². The highest BCUT2D eigenvalue weighted by Gasteiger charge is 2.56. The van der Waals surface area contributed by atoms with Crippen LogP contribution in [0.2, 0.25) is 0 Å². The van der Waals surface area contributed by atoms with E-state index in [0.29, 0.717) is 10.3 Å². The van der Waals surface area contributed by atoms with E-state index >= 15 is 0 Å². The van der Waals surface area contributed by atoms with Crippen LogP contribution in [0.15, 0.2) is 12.4 Å². The van der Waals surface area contributed by atoms with Gasteiger partial charge in [0, 0.05) is 12.4 Å². The Balaban J connectivity index is 1.24. The van der Waals surface area contributed by atoms with Crippen molar-refractivity contribution in [2.45, 2.75) is 87.4 Å². The third-order valence-corrected chi connectivity index (χ3v) is 16.8. The molecule has 8 saturated carbocycles. The van der Waals surface area contributed by atoms with Gasteiger partial charge in [-0.15, -0.1) is 0 Å². The van der Waals surface area contributed by atoms with Crippen molar-refractivity contribution in [1.82, 2.24) is 9.97 Å². The molecule has 2 unspecified atom stereocenters. The van der Waals surface area contributed by atoms with E-state index in [4.69, 9.17) is 9.97 Å². The molecule has 8 fully saturated rings. The molecule has 2 atom stereocenters. The normalized spacial score (nSPS) is 50.1. The standard InChI is InChI=1S/C26H38N2P2/c1-29(25-11-17-5-18(12-25)7-19(6-17)13-25)23-24(28-4-3-27-23)30(2)26-14-20-8-21(15-26)10-22(9-20)16-26/h3-4,17-22H,5-16H2,1-2H3. The summed E-state index contributed by atoms with van der Waals surface area (Å²) in [5.41, 5.74) is 3.00. The van der Waals surface area contributed by atoms with Crippen LogP contribution in [0.1, 0.15) is 77.0 Å². The fourth-order valence-corrected chi connectivity index (χ4v) is 16.4. The first-order chi connectivity index (χ1) is 14.5. The summed E-state index contributed by atoms with van der Waals surface area (Å²) in [5, 5.41) is 1.21. The second-order valence-electron chi connectivity index (χ2n) is 12.6. The first-order valence-corrected chi connectivity index (χ1v) is 16.4. The number of nitrogens with zero attached hydrogens (tertiary/aromatic N) is 2. The van der Waals surface area contributed by atoms with Crippen LogP contribution in [0.3, 0.4) is 0 Å². The average Bonchev–Trinajstić information content (AvgIpc) is 2.71. The van der Waals surface area contributed by atoms with E-state index in [1.54, 1.807) is 38.5 Å². The molecule has 8 aliphatic carbocycles. The van der Waals surface area contributed by atoms with Gasteiger partial charge in [0.1, 0.15) is 0 Å². The first-order valence-electron chi connectivity index (χ1n) is 12.8. The third kappa shape index (κ3) is 2.81. The second kappa shape index (κ2) is 6.73. The maximum atomic E-state index is 5.17. The van der Waals surface area contributed by atoms with Crippen LogP contribution in [0, 0.1) is 35.5 Å². The van der Waals surface area contributed by atoms with E-state index in [1.807, 2.05) is 12.4 Å². The van der Waals surface area contributed by atoms with Gasteiger partial charge in [-0.3, -0.25) is 9.97 Å². The third-order valence-electron chi connectivity index (χ3n) is 10.7. The van der Waals surface area contributed by atoms with Crippen molar-refractivity contribution in [3.63, 3.8) is 0 Å². The van der Waals surface area contributed by atoms with Crippen LogP contribution in [-0.2, 0) is 0 Å². The van der Waals surface area contributed by atoms with Gasteiger partial charge in [-0.25, -0.2) is 0 Å². The molecule has 1 aromatic rings. The summed E-state index contributed by atoms with van der Waals surface area (Å²) in [4.78, 5) is 10.3. The number of aromatic nitrogens is 2. The average molecular weight is 441 g/mol. The van der Waals surface area contributed by atoms with E-state index in [1.165, 1.54) is 49.4 Å². The van der Waals surface area contributed by atoms with Gasteiger partial charge in [-0.05, 0) is 152 Å². The molecule has 0 N–H and O–H groups in total. The van der Waals surface area contributed by atoms with Crippen LogP contribution in [0.5, 0.6) is 0 Å². The Bertz CT molecular complexity index is 712. The predicted molar refractivity (Wildman–Crippen MR) is 129 cm³/mol. The largest absolute Gasteiger partial charge is 0.253 e. The summed E-state index contributed by atoms with van der Waals surface area (Å²) < 4.78 is 0. The summed E-state index contributed by atoms with van der Waals surface area (Å²) in [6, 6.07) is 0. The molecule has 8 aliphatic rings. The van der Waals surface area contributed by atoms with Crippen molar-refractivity contribution in [1.29, 1.82) is 0 Å². The van der Waals surface area contributed by atoms with Crippen molar-refractivity contribution in [2.24, 2.45) is 35.5 Å². The number of hydrogen-bond donors (Lipinski definition) is 0. The van der Waals surface area contributed by atoms with Gasteiger partial charge in [0.15, 0.2) is 0 Å². The van der Waals surface area contributed by atoms with Crippen molar-refractivity contribution in [3.8, 4) is 0 Å². The lowest BCUT2D eigenvalue weighted by Crippen LogP contribution is -2.53. The zero-order valence-corrected chi connectivity index (χ0v) is 20.7. The lowest BCUT2D eigenvalue weighted by atomic mass is 9.56. The lowest BCUT2D eigenvalue weighted by molar-refractivity contribution is 0.0359. The zero-order valence-electron chi connectivity index (χ0n) is 18.9. The second-order valence-corrected chi connectivity index (χ2v) is 17.6. The van der Waals surface area contributed by atoms with Crippen LogP contribution in [-0.4, -0.2) is 33.6 Å². The van der Waals surface area contributed by atoms with E-state index in [9.17, 15) is 0 Å². The Labute approximate surface area is 185 Å². The molecule has 2 nitrogen and oxygen atoms in total. The fourth-order valence-electron chi connectivity index (χ4n) is 10.2. The van der Waals surface area contributed by atoms with Crippen molar-refractivity contribution < 1.29 is 0 Å². The molecule has 0 saturated heterocycles. The molecule has 0 amide bonds. The van der Waals surface area contributed by atoms with E-state index in [2.05, 4.69) is 13.3 Å². The maximum absolute atomic E-state index is 5.17. The molecule has 1 aromatic heterocycles. The monoisotopic (exact) mass is 440 g/mol. The summed E-state index contributed by atoms with van der Waals surface area (Å²) in [5.74, 6) is 6.21. The van der Waals surface area contributed by atoms with Gasteiger partial charge in [0.2, 0.25) is 0 Å². The summed E-state index contributed by atoms with van der Waals surface area (Å²) >= 11 is 0. The molecular weight excluding hydrogens is 402 g/mol. The summed E-state index contributed by atoms with van der Waals surface area (Å²) in [7, 11) is -0.404. The molecular formula is C26H38N2P2. The Morgan fingerprint density at radius 2 is 0.833 bits per heavy atom. The van der Waals surface area contributed by atoms with Gasteiger partial charge in [-0.1, -0.05) is 0 Å². The van der Waals surface area contributed by atoms with E-state index < -0.39 is 0 Å². The molecule has 30 heavy (non-hydrogen) atoms. The lowest BCUT2D eigenvalue weighted by Gasteiger charge is -2.60. The topological polar surface area (TPSA) is 25.8 Å². The SMILES string of the molecule is CP(c1nccnc1P(C)C12CC3CC(CC(C3)C1)C2)C12CC3CC(CC(C3)C1)C2. The quantitative estimate of drug-likeness (QED) is 0.546. The highest BCUT2D eigenvalue weighted by molar-refractivity contribution is 7.72. The number of rotatable bonds is 4. The number of hydrogen-bond acceptors (Lipinski definition) is 2. The highest BCUT2D eigenvalue weighted by Crippen LogP contribution is 2.69. The smallest absolute Gasteiger partial charge is 0.0892 e. The van der Waals surface area contributed by atoms with Crippen LogP contribution in [0.4, 0.5) is 0 Å². The van der Waals surface area contributed by atoms with Gasteiger partial charge < -0.3 is 0 Å². The van der Waals surface area contributed by atoms with Crippen molar-refractivity contribution in [3.05, 3.63) is 12.4 Å². The minimum atomic E-state index is -0.202. The molecule has 0 aromatic carbocycles. The molecule has 4 heteroatoms. The van der Waals surface area contributed by atoms with Gasteiger partial charge >= 0.3 is 0 Å². The van der Waals surface area contributed by atoms with Gasteiger partial charge in [0.05, 0.1) is 10.9 Å². The maximum Gasteiger partial charge on any atom is 0.0892 e. The molecule has 9 rings (SSSR count). The molecule has 1 heterocycles. The Hall–Kier alpha value is -0.0600. The molecule has 8 bridgehead atoms. The minimum Gasteiger partial charge on any atom is -0.253 e. The molecule has 162 valence electrons. The van der Waals surface area contributed by atoms with E-state index in [-0.39, 0.29) is 15.8 Å². The predicted octanol–water partition coefficient (Wildman–Crippen LogP) is 5.89. The molecule has 0 radical (unpaired) electrons. The van der Waals surface area contributed by atoms with Gasteiger partial charge in [0.25, 0.3) is 0 Å². The van der Waals surface area contributed by atoms with Crippen molar-refractivity contribution >= 4 is 26.7 Å². The summed E-state index contributed by atoms with van der Waals surface area (Å²) in [6.07, 6.45) is 22.4. The zero-order chi connectivity index (χ0) is 20.1. The van der Waals surface area contributed by atoms with Crippen LogP contribution >= 0.6 is 15.8 Å². The minimum absolute atomic E-state index is 0.202. The van der Waals surface area contributed by atoms with Gasteiger partial charge in [-0.2, -0.15) is 0 Å². The first kappa shape index (κ1) is 19.4. The van der Waals surface area contributed by atoms with Crippen LogP contribution in [0.25, 0.3) is 0 Å². The van der Waals surface area contributed by atoms with Crippen LogP contribution < -0.4 is 10.9 Å². The molecule has 0 spiro atoms. The fraction of sp³-hybridized carbons (Fsp3) is 0.846. The summed E-state index contributed by atoms with van der Waals surface area (Å²) in [6.45, 7) is 5.25. The van der Waals surface area contributed by atoms with E-state index in [0.717, 1.165) is 35.5 Å².